The van der Waals surface area contributed by atoms with Gasteiger partial charge in [-0.25, -0.2) is 0 Å². The molecule has 1 aromatic rings. The Hall–Kier alpha value is -0.181. The van der Waals surface area contributed by atoms with Gasteiger partial charge in [-0.1, -0.05) is 0 Å². The first-order valence-electron chi connectivity index (χ1n) is 2.28. The van der Waals surface area contributed by atoms with Crippen LogP contribution in [0.3, 0.4) is 0 Å². The molecule has 0 aromatic carbocycles. The summed E-state index contributed by atoms with van der Waals surface area (Å²) in [6, 6.07) is 5.12. The first kappa shape index (κ1) is 6.93. The van der Waals surface area contributed by atoms with Gasteiger partial charge < -0.3 is 0 Å². The predicted molar refractivity (Wildman–Crippen MR) is 31.3 cm³/mol. The monoisotopic (exact) mass is 189 g/mol. The molecule has 0 fully saturated rings. The van der Waals surface area contributed by atoms with Crippen molar-refractivity contribution in [1.82, 2.24) is 0 Å². The van der Waals surface area contributed by atoms with E-state index in [1.165, 1.54) is 6.20 Å². The summed E-state index contributed by atoms with van der Waals surface area (Å²) in [6.45, 7) is 0. The van der Waals surface area contributed by atoms with Gasteiger partial charge in [0.1, 0.15) is 0 Å². The molecule has 0 aliphatic rings. The van der Waals surface area contributed by atoms with E-state index in [1.807, 2.05) is 0 Å². The zero-order valence-electron chi connectivity index (χ0n) is 4.37. The molecule has 1 aromatic heterocycles. The minimum atomic E-state index is 0.539. The summed E-state index contributed by atoms with van der Waals surface area (Å²) in [7, 11) is 1.01. The van der Waals surface area contributed by atoms with Gasteiger partial charge in [-0.05, 0) is 0 Å². The summed E-state index contributed by atoms with van der Waals surface area (Å²) in [5.41, 5.74) is 0. The maximum absolute atomic E-state index is 10.7. The van der Waals surface area contributed by atoms with Crippen LogP contribution >= 0.6 is 10.2 Å². The zero-order chi connectivity index (χ0) is 6.69. The van der Waals surface area contributed by atoms with Crippen molar-refractivity contribution < 1.29 is 19.6 Å². The van der Waals surface area contributed by atoms with E-state index >= 15 is 0 Å². The summed E-state index contributed by atoms with van der Waals surface area (Å²) in [6.07, 6.45) is 1.42. The number of pyridine rings is 1. The van der Waals surface area contributed by atoms with E-state index in [2.05, 4.69) is 0 Å². The molecule has 0 radical (unpaired) electrons. The molecular formula is C5H4CuNOS. The number of hydrogen-bond acceptors (Lipinski definition) is 2. The fourth-order valence-electron chi connectivity index (χ4n) is 0.460. The van der Waals surface area contributed by atoms with Crippen LogP contribution in [0.15, 0.2) is 29.4 Å². The summed E-state index contributed by atoms with van der Waals surface area (Å²) in [4.78, 5) is 0. The zero-order valence-corrected chi connectivity index (χ0v) is 6.13. The quantitative estimate of drug-likeness (QED) is 0.373. The van der Waals surface area contributed by atoms with E-state index in [4.69, 9.17) is 14.9 Å². The van der Waals surface area contributed by atoms with Crippen molar-refractivity contribution in [2.45, 2.75) is 5.03 Å². The van der Waals surface area contributed by atoms with Crippen LogP contribution < -0.4 is 4.73 Å². The Morgan fingerprint density at radius 3 is 2.78 bits per heavy atom. The van der Waals surface area contributed by atoms with Gasteiger partial charge in [-0.2, -0.15) is 0 Å². The Morgan fingerprint density at radius 2 is 2.33 bits per heavy atom. The molecule has 0 saturated carbocycles. The normalized spacial score (nSPS) is 9.56. The van der Waals surface area contributed by atoms with Gasteiger partial charge in [-0.3, -0.25) is 0 Å². The van der Waals surface area contributed by atoms with Crippen LogP contribution in [0.1, 0.15) is 0 Å². The summed E-state index contributed by atoms with van der Waals surface area (Å²) >= 11 is 4.74. The van der Waals surface area contributed by atoms with Gasteiger partial charge in [0.25, 0.3) is 0 Å². The third-order valence-corrected chi connectivity index (χ3v) is 1.88. The Balaban J connectivity index is 3.01. The fraction of sp³-hybridized carbons (Fsp3) is 0. The molecule has 1 rings (SSSR count). The summed E-state index contributed by atoms with van der Waals surface area (Å²) in [5.74, 6) is 0. The van der Waals surface area contributed by atoms with E-state index in [9.17, 15) is 5.21 Å². The van der Waals surface area contributed by atoms with Crippen molar-refractivity contribution in [2.75, 3.05) is 0 Å². The second-order valence-corrected chi connectivity index (χ2v) is 2.54. The Kier molecular flexibility index (Phi) is 2.39. The Morgan fingerprint density at radius 1 is 1.56 bits per heavy atom. The molecule has 0 unspecified atom stereocenters. The molecule has 1 heterocycles. The van der Waals surface area contributed by atoms with Crippen molar-refractivity contribution in [3.8, 4) is 0 Å². The molecule has 2 nitrogen and oxygen atoms in total. The van der Waals surface area contributed by atoms with Gasteiger partial charge in [0.05, 0.1) is 0 Å². The number of hydrogen-bond donors (Lipinski definition) is 0. The maximum atomic E-state index is 10.7. The molecular weight excluding hydrogens is 186 g/mol. The Labute approximate surface area is 64.7 Å². The van der Waals surface area contributed by atoms with Gasteiger partial charge in [0.2, 0.25) is 0 Å². The van der Waals surface area contributed by atoms with Crippen molar-refractivity contribution in [3.05, 3.63) is 29.6 Å². The molecule has 0 spiro atoms. The second kappa shape index (κ2) is 3.11. The van der Waals surface area contributed by atoms with Crippen LogP contribution in [0.4, 0.5) is 0 Å². The van der Waals surface area contributed by atoms with Crippen LogP contribution in [0.2, 0.25) is 0 Å². The third kappa shape index (κ3) is 1.61. The van der Waals surface area contributed by atoms with Crippen LogP contribution in [0, 0.1) is 5.21 Å². The first-order chi connectivity index (χ1) is 4.34. The SMILES string of the molecule is [O-][n+]1ccccc1[S][Cu]. The molecule has 0 bridgehead atoms. The summed E-state index contributed by atoms with van der Waals surface area (Å²) in [5, 5.41) is 11.2. The van der Waals surface area contributed by atoms with Crippen LogP contribution in [-0.4, -0.2) is 0 Å². The van der Waals surface area contributed by atoms with Gasteiger partial charge >= 0.3 is 64.4 Å². The topological polar surface area (TPSA) is 26.9 Å². The van der Waals surface area contributed by atoms with E-state index in [-0.39, 0.29) is 0 Å². The fourth-order valence-corrected chi connectivity index (χ4v) is 1.14. The molecule has 0 amide bonds. The second-order valence-electron chi connectivity index (χ2n) is 1.43. The standard InChI is InChI=1S/C5H5NOS.Cu/c7-6-4-2-1-3-5(6)8;/h1-4,8H;/q;+1/p-1. The average Bonchev–Trinajstić information content (AvgIpc) is 1.89. The van der Waals surface area contributed by atoms with E-state index in [0.717, 1.165) is 14.9 Å². The number of aromatic nitrogens is 1. The first-order valence-corrected chi connectivity index (χ1v) is 4.09. The van der Waals surface area contributed by atoms with Crippen molar-refractivity contribution in [1.29, 1.82) is 0 Å². The predicted octanol–water partition coefficient (Wildman–Crippen LogP) is 0.874. The van der Waals surface area contributed by atoms with E-state index in [1.54, 1.807) is 18.2 Å². The van der Waals surface area contributed by atoms with Crippen molar-refractivity contribution in [3.63, 3.8) is 0 Å². The molecule has 0 atom stereocenters. The molecule has 0 N–H and O–H groups in total. The minimum absolute atomic E-state index is 0.539. The average molecular weight is 190 g/mol. The molecule has 0 saturated heterocycles. The molecule has 52 valence electrons. The van der Waals surface area contributed by atoms with Crippen molar-refractivity contribution in [2.24, 2.45) is 0 Å². The molecule has 4 heteroatoms. The molecule has 0 aliphatic heterocycles. The van der Waals surface area contributed by atoms with Gasteiger partial charge in [0, 0.05) is 0 Å². The Bertz CT molecular complexity index is 206. The van der Waals surface area contributed by atoms with Crippen LogP contribution in [-0.2, 0) is 14.9 Å². The van der Waals surface area contributed by atoms with Crippen LogP contribution in [0.5, 0.6) is 0 Å². The van der Waals surface area contributed by atoms with E-state index in [0.29, 0.717) is 5.03 Å². The molecule has 9 heavy (non-hydrogen) atoms. The van der Waals surface area contributed by atoms with Gasteiger partial charge in [-0.15, -0.1) is 0 Å². The number of nitrogens with zero attached hydrogens (tertiary/aromatic N) is 1. The van der Waals surface area contributed by atoms with E-state index < -0.39 is 0 Å². The third-order valence-electron chi connectivity index (χ3n) is 0.852. The number of rotatable bonds is 1. The van der Waals surface area contributed by atoms with Gasteiger partial charge in [0.15, 0.2) is 0 Å². The van der Waals surface area contributed by atoms with Crippen LogP contribution in [0.25, 0.3) is 0 Å². The summed E-state index contributed by atoms with van der Waals surface area (Å²) < 4.78 is 0.742. The van der Waals surface area contributed by atoms with Crippen molar-refractivity contribution >= 4 is 10.2 Å². The molecule has 0 aliphatic carbocycles.